The van der Waals surface area contributed by atoms with Crippen LogP contribution in [0.5, 0.6) is 0 Å². The molecule has 1 aliphatic heterocycles. The Hall–Kier alpha value is -3.29. The summed E-state index contributed by atoms with van der Waals surface area (Å²) in [5.74, 6) is 0.559. The van der Waals surface area contributed by atoms with Crippen LogP contribution >= 0.6 is 0 Å². The van der Waals surface area contributed by atoms with Crippen LogP contribution in [-0.2, 0) is 16.0 Å². The summed E-state index contributed by atoms with van der Waals surface area (Å²) < 4.78 is 1.69. The van der Waals surface area contributed by atoms with E-state index in [1.807, 2.05) is 38.1 Å². The topological polar surface area (TPSA) is 92.5 Å². The molecule has 1 N–H and O–H groups in total. The maximum Gasteiger partial charge on any atom is 0.252 e. The van der Waals surface area contributed by atoms with E-state index in [-0.39, 0.29) is 11.8 Å². The summed E-state index contributed by atoms with van der Waals surface area (Å²) >= 11 is 0. The molecule has 0 saturated carbocycles. The summed E-state index contributed by atoms with van der Waals surface area (Å²) in [4.78, 5) is 35.0. The zero-order valence-electron chi connectivity index (χ0n) is 16.0. The fourth-order valence-corrected chi connectivity index (χ4v) is 3.69. The molecule has 2 aromatic heterocycles. The molecule has 0 bridgehead atoms. The number of hydrogen-bond donors (Lipinski definition) is 1. The van der Waals surface area contributed by atoms with Crippen molar-refractivity contribution in [3.8, 4) is 0 Å². The number of carbonyl (C=O) groups is 2. The normalized spacial score (nSPS) is 14.1. The summed E-state index contributed by atoms with van der Waals surface area (Å²) in [7, 11) is 0. The van der Waals surface area contributed by atoms with Crippen molar-refractivity contribution in [2.24, 2.45) is 0 Å². The molecule has 1 aromatic carbocycles. The first-order valence-corrected chi connectivity index (χ1v) is 9.39. The predicted octanol–water partition coefficient (Wildman–Crippen LogP) is 2.44. The second kappa shape index (κ2) is 7.38. The Morgan fingerprint density at radius 1 is 1.25 bits per heavy atom. The van der Waals surface area contributed by atoms with Crippen molar-refractivity contribution in [2.45, 2.75) is 39.5 Å². The molecule has 3 aromatic rings. The molecule has 0 radical (unpaired) electrons. The zero-order chi connectivity index (χ0) is 19.7. The van der Waals surface area contributed by atoms with Gasteiger partial charge in [-0.3, -0.25) is 9.59 Å². The quantitative estimate of drug-likeness (QED) is 0.736. The van der Waals surface area contributed by atoms with E-state index < -0.39 is 0 Å². The van der Waals surface area contributed by atoms with E-state index in [0.717, 1.165) is 29.1 Å². The number of nitrogens with one attached hydrogen (secondary N) is 1. The zero-order valence-corrected chi connectivity index (χ0v) is 16.0. The molecule has 0 spiro atoms. The molecule has 28 heavy (non-hydrogen) atoms. The van der Waals surface area contributed by atoms with Crippen LogP contribution in [0.25, 0.3) is 5.78 Å². The number of fused-ring (bicyclic) bond motifs is 1. The minimum absolute atomic E-state index is 0.0974. The standard InChI is InChI=1S/C20H22N6O2/c1-13-15(14(2)26-20(23-13)21-12-22-26)9-10-18(27)24-16-6-3-4-7-17(16)25-11-5-8-19(25)28/h3-4,6-7,12H,5,8-11H2,1-2H3,(H,24,27). The molecule has 0 atom stereocenters. The molecular weight excluding hydrogens is 356 g/mol. The van der Waals surface area contributed by atoms with Gasteiger partial charge in [0.05, 0.1) is 11.4 Å². The third-order valence-electron chi connectivity index (χ3n) is 5.13. The molecule has 0 unspecified atom stereocenters. The molecular formula is C20H22N6O2. The molecule has 8 nitrogen and oxygen atoms in total. The molecule has 3 heterocycles. The molecule has 4 rings (SSSR count). The van der Waals surface area contributed by atoms with Gasteiger partial charge in [-0.25, -0.2) is 9.50 Å². The highest BCUT2D eigenvalue weighted by atomic mass is 16.2. The van der Waals surface area contributed by atoms with Crippen molar-refractivity contribution in [1.82, 2.24) is 19.6 Å². The van der Waals surface area contributed by atoms with Gasteiger partial charge in [0.15, 0.2) is 0 Å². The van der Waals surface area contributed by atoms with Gasteiger partial charge in [-0.2, -0.15) is 10.1 Å². The van der Waals surface area contributed by atoms with Gasteiger partial charge in [0.2, 0.25) is 11.8 Å². The van der Waals surface area contributed by atoms with Crippen LogP contribution in [-0.4, -0.2) is 37.9 Å². The maximum absolute atomic E-state index is 12.6. The van der Waals surface area contributed by atoms with E-state index in [9.17, 15) is 9.59 Å². The van der Waals surface area contributed by atoms with Crippen LogP contribution in [0.3, 0.4) is 0 Å². The van der Waals surface area contributed by atoms with Gasteiger partial charge in [-0.05, 0) is 44.4 Å². The third-order valence-corrected chi connectivity index (χ3v) is 5.13. The summed E-state index contributed by atoms with van der Waals surface area (Å²) in [6, 6.07) is 7.44. The van der Waals surface area contributed by atoms with E-state index in [1.54, 1.807) is 9.42 Å². The fourth-order valence-electron chi connectivity index (χ4n) is 3.69. The van der Waals surface area contributed by atoms with E-state index in [0.29, 0.717) is 37.3 Å². The average molecular weight is 378 g/mol. The van der Waals surface area contributed by atoms with Crippen molar-refractivity contribution in [2.75, 3.05) is 16.8 Å². The Morgan fingerprint density at radius 3 is 2.86 bits per heavy atom. The highest BCUT2D eigenvalue weighted by Crippen LogP contribution is 2.29. The van der Waals surface area contributed by atoms with Gasteiger partial charge in [0, 0.05) is 30.8 Å². The average Bonchev–Trinajstić information content (AvgIpc) is 3.31. The van der Waals surface area contributed by atoms with Crippen molar-refractivity contribution < 1.29 is 9.59 Å². The number of rotatable bonds is 5. The molecule has 0 aliphatic carbocycles. The molecule has 1 saturated heterocycles. The SMILES string of the molecule is Cc1nc2ncnn2c(C)c1CCC(=O)Nc1ccccc1N1CCCC1=O. The smallest absolute Gasteiger partial charge is 0.252 e. The summed E-state index contributed by atoms with van der Waals surface area (Å²) in [5.41, 5.74) is 4.22. The first-order valence-electron chi connectivity index (χ1n) is 9.39. The Morgan fingerprint density at radius 2 is 2.07 bits per heavy atom. The first-order chi connectivity index (χ1) is 13.5. The fraction of sp³-hybridized carbons (Fsp3) is 0.350. The Bertz CT molecular complexity index is 1060. The van der Waals surface area contributed by atoms with Crippen molar-refractivity contribution >= 4 is 29.0 Å². The highest BCUT2D eigenvalue weighted by molar-refractivity contribution is 6.02. The largest absolute Gasteiger partial charge is 0.324 e. The minimum atomic E-state index is -0.100. The van der Waals surface area contributed by atoms with E-state index in [1.165, 1.54) is 6.33 Å². The number of carbonyl (C=O) groups excluding carboxylic acids is 2. The molecule has 144 valence electrons. The van der Waals surface area contributed by atoms with Crippen LogP contribution in [0.15, 0.2) is 30.6 Å². The van der Waals surface area contributed by atoms with Gasteiger partial charge >= 0.3 is 0 Å². The van der Waals surface area contributed by atoms with Crippen molar-refractivity contribution in [1.29, 1.82) is 0 Å². The molecule has 1 fully saturated rings. The van der Waals surface area contributed by atoms with Crippen molar-refractivity contribution in [3.63, 3.8) is 0 Å². The lowest BCUT2D eigenvalue weighted by Crippen LogP contribution is -2.25. The summed E-state index contributed by atoms with van der Waals surface area (Å²) in [6.07, 6.45) is 3.74. The van der Waals surface area contributed by atoms with Crippen LogP contribution in [0.4, 0.5) is 11.4 Å². The van der Waals surface area contributed by atoms with E-state index in [4.69, 9.17) is 0 Å². The van der Waals surface area contributed by atoms with Gasteiger partial charge in [-0.15, -0.1) is 0 Å². The third kappa shape index (κ3) is 3.33. The van der Waals surface area contributed by atoms with Crippen LogP contribution < -0.4 is 10.2 Å². The summed E-state index contributed by atoms with van der Waals surface area (Å²) in [6.45, 7) is 4.56. The number of para-hydroxylation sites is 2. The monoisotopic (exact) mass is 378 g/mol. The number of anilines is 2. The number of benzene rings is 1. The molecule has 8 heteroatoms. The lowest BCUT2D eigenvalue weighted by Gasteiger charge is -2.20. The van der Waals surface area contributed by atoms with E-state index in [2.05, 4.69) is 20.4 Å². The van der Waals surface area contributed by atoms with Crippen LogP contribution in [0, 0.1) is 13.8 Å². The summed E-state index contributed by atoms with van der Waals surface area (Å²) in [5, 5.41) is 7.14. The second-order valence-electron chi connectivity index (χ2n) is 6.95. The Labute approximate surface area is 162 Å². The molecule has 1 aliphatic rings. The minimum Gasteiger partial charge on any atom is -0.324 e. The Kier molecular flexibility index (Phi) is 4.77. The maximum atomic E-state index is 12.6. The van der Waals surface area contributed by atoms with Gasteiger partial charge in [0.25, 0.3) is 5.78 Å². The van der Waals surface area contributed by atoms with Crippen LogP contribution in [0.1, 0.15) is 36.2 Å². The number of nitrogens with zero attached hydrogens (tertiary/aromatic N) is 5. The van der Waals surface area contributed by atoms with Gasteiger partial charge < -0.3 is 10.2 Å². The van der Waals surface area contributed by atoms with Gasteiger partial charge in [-0.1, -0.05) is 12.1 Å². The number of hydrogen-bond acceptors (Lipinski definition) is 5. The van der Waals surface area contributed by atoms with E-state index >= 15 is 0 Å². The Balaban J connectivity index is 1.48. The number of aryl methyl sites for hydroxylation is 2. The van der Waals surface area contributed by atoms with Crippen molar-refractivity contribution in [3.05, 3.63) is 47.5 Å². The molecule has 2 amide bonds. The lowest BCUT2D eigenvalue weighted by molar-refractivity contribution is -0.117. The lowest BCUT2D eigenvalue weighted by atomic mass is 10.1. The highest BCUT2D eigenvalue weighted by Gasteiger charge is 2.24. The number of amides is 2. The van der Waals surface area contributed by atoms with Gasteiger partial charge in [0.1, 0.15) is 6.33 Å². The second-order valence-corrected chi connectivity index (χ2v) is 6.95. The number of aromatic nitrogens is 4. The predicted molar refractivity (Wildman–Crippen MR) is 105 cm³/mol. The van der Waals surface area contributed by atoms with Crippen LogP contribution in [0.2, 0.25) is 0 Å². The first kappa shape index (κ1) is 18.1.